The number of hydrogen-bond acceptors (Lipinski definition) is 3. The Morgan fingerprint density at radius 3 is 2.33 bits per heavy atom. The number of benzene rings is 1. The van der Waals surface area contributed by atoms with Gasteiger partial charge in [0.2, 0.25) is 0 Å². The summed E-state index contributed by atoms with van der Waals surface area (Å²) in [6, 6.07) is 9.29. The average Bonchev–Trinajstić information content (AvgIpc) is 2.40. The Kier molecular flexibility index (Phi) is 4.75. The second-order valence-corrected chi connectivity index (χ2v) is 5.44. The highest BCUT2D eigenvalue weighted by Crippen LogP contribution is 2.18. The summed E-state index contributed by atoms with van der Waals surface area (Å²) in [5.74, 6) is 0. The number of piperidine rings is 1. The summed E-state index contributed by atoms with van der Waals surface area (Å²) in [5.41, 5.74) is 8.47. The van der Waals surface area contributed by atoms with Crippen molar-refractivity contribution in [3.05, 3.63) is 35.4 Å². The fourth-order valence-electron chi connectivity index (χ4n) is 2.75. The summed E-state index contributed by atoms with van der Waals surface area (Å²) in [6.45, 7) is 4.08. The molecular weight excluding hydrogens is 222 g/mol. The molecule has 0 atom stereocenters. The first kappa shape index (κ1) is 13.5. The summed E-state index contributed by atoms with van der Waals surface area (Å²) in [6.07, 6.45) is 2.55. The van der Waals surface area contributed by atoms with Gasteiger partial charge >= 0.3 is 0 Å². The molecule has 0 amide bonds. The maximum atomic E-state index is 5.79. The van der Waals surface area contributed by atoms with Crippen molar-refractivity contribution in [3.63, 3.8) is 0 Å². The SMILES string of the molecule is CN(C)C1CCN(Cc2ccccc2CN)CC1. The molecule has 0 aromatic heterocycles. The minimum absolute atomic E-state index is 0.643. The molecule has 2 rings (SSSR count). The average molecular weight is 247 g/mol. The van der Waals surface area contributed by atoms with Crippen molar-refractivity contribution in [2.45, 2.75) is 32.0 Å². The molecule has 0 unspecified atom stereocenters. The fraction of sp³-hybridized carbons (Fsp3) is 0.600. The number of nitrogens with two attached hydrogens (primary N) is 1. The van der Waals surface area contributed by atoms with Gasteiger partial charge in [0, 0.05) is 19.1 Å². The summed E-state index contributed by atoms with van der Waals surface area (Å²) in [5, 5.41) is 0. The normalized spacial score (nSPS) is 18.4. The van der Waals surface area contributed by atoms with Gasteiger partial charge in [0.15, 0.2) is 0 Å². The first-order valence-corrected chi connectivity index (χ1v) is 6.86. The van der Waals surface area contributed by atoms with Gasteiger partial charge in [0.1, 0.15) is 0 Å². The van der Waals surface area contributed by atoms with Crippen LogP contribution in [-0.4, -0.2) is 43.0 Å². The Morgan fingerprint density at radius 1 is 1.17 bits per heavy atom. The molecule has 0 bridgehead atoms. The molecular formula is C15H25N3. The summed E-state index contributed by atoms with van der Waals surface area (Å²) in [7, 11) is 4.37. The van der Waals surface area contributed by atoms with Crippen LogP contribution in [0.5, 0.6) is 0 Å². The third-order valence-electron chi connectivity index (χ3n) is 4.02. The van der Waals surface area contributed by atoms with Crippen LogP contribution >= 0.6 is 0 Å². The van der Waals surface area contributed by atoms with Crippen molar-refractivity contribution in [2.24, 2.45) is 5.73 Å². The van der Waals surface area contributed by atoms with Crippen molar-refractivity contribution < 1.29 is 0 Å². The molecule has 18 heavy (non-hydrogen) atoms. The molecule has 100 valence electrons. The molecule has 1 fully saturated rings. The summed E-state index contributed by atoms with van der Waals surface area (Å²) in [4.78, 5) is 4.90. The number of hydrogen-bond donors (Lipinski definition) is 1. The van der Waals surface area contributed by atoms with Crippen LogP contribution in [0.1, 0.15) is 24.0 Å². The van der Waals surface area contributed by atoms with E-state index in [2.05, 4.69) is 48.2 Å². The summed E-state index contributed by atoms with van der Waals surface area (Å²) >= 11 is 0. The van der Waals surface area contributed by atoms with Crippen molar-refractivity contribution in [1.29, 1.82) is 0 Å². The Bertz CT molecular complexity index is 368. The van der Waals surface area contributed by atoms with E-state index < -0.39 is 0 Å². The van der Waals surface area contributed by atoms with Gasteiger partial charge in [0.25, 0.3) is 0 Å². The van der Waals surface area contributed by atoms with E-state index in [0.717, 1.165) is 12.6 Å². The van der Waals surface area contributed by atoms with Gasteiger partial charge in [0.05, 0.1) is 0 Å². The molecule has 0 radical (unpaired) electrons. The van der Waals surface area contributed by atoms with E-state index in [1.807, 2.05) is 0 Å². The van der Waals surface area contributed by atoms with Crippen molar-refractivity contribution in [2.75, 3.05) is 27.2 Å². The molecule has 1 saturated heterocycles. The van der Waals surface area contributed by atoms with E-state index >= 15 is 0 Å². The zero-order chi connectivity index (χ0) is 13.0. The van der Waals surface area contributed by atoms with Gasteiger partial charge in [-0.3, -0.25) is 4.90 Å². The van der Waals surface area contributed by atoms with Gasteiger partial charge in [-0.25, -0.2) is 0 Å². The lowest BCUT2D eigenvalue weighted by molar-refractivity contribution is 0.140. The molecule has 3 nitrogen and oxygen atoms in total. The largest absolute Gasteiger partial charge is 0.326 e. The third kappa shape index (κ3) is 3.31. The Morgan fingerprint density at radius 2 is 1.78 bits per heavy atom. The third-order valence-corrected chi connectivity index (χ3v) is 4.02. The predicted octanol–water partition coefficient (Wildman–Crippen LogP) is 1.67. The minimum atomic E-state index is 0.643. The first-order chi connectivity index (χ1) is 8.70. The molecule has 0 spiro atoms. The standard InChI is InChI=1S/C15H25N3/c1-17(2)15-7-9-18(10-8-15)12-14-6-4-3-5-13(14)11-16/h3-6,15H,7-12,16H2,1-2H3. The lowest BCUT2D eigenvalue weighted by Crippen LogP contribution is -2.41. The smallest absolute Gasteiger partial charge is 0.0236 e. The topological polar surface area (TPSA) is 32.5 Å². The molecule has 0 aliphatic carbocycles. The number of rotatable bonds is 4. The molecule has 1 aromatic rings. The van der Waals surface area contributed by atoms with Gasteiger partial charge in [-0.2, -0.15) is 0 Å². The highest BCUT2D eigenvalue weighted by Gasteiger charge is 2.20. The van der Waals surface area contributed by atoms with E-state index in [9.17, 15) is 0 Å². The zero-order valence-corrected chi connectivity index (χ0v) is 11.6. The number of likely N-dealkylation sites (tertiary alicyclic amines) is 1. The van der Waals surface area contributed by atoms with E-state index in [-0.39, 0.29) is 0 Å². The Balaban J connectivity index is 1.91. The van der Waals surface area contributed by atoms with Crippen molar-refractivity contribution >= 4 is 0 Å². The molecule has 1 aliphatic rings. The van der Waals surface area contributed by atoms with Gasteiger partial charge in [-0.15, -0.1) is 0 Å². The quantitative estimate of drug-likeness (QED) is 0.878. The Hall–Kier alpha value is -0.900. The molecule has 1 aromatic carbocycles. The van der Waals surface area contributed by atoms with E-state index in [1.165, 1.54) is 37.1 Å². The van der Waals surface area contributed by atoms with Crippen molar-refractivity contribution in [1.82, 2.24) is 9.80 Å². The van der Waals surface area contributed by atoms with E-state index in [1.54, 1.807) is 0 Å². The Labute approximate surface area is 111 Å². The molecule has 1 aliphatic heterocycles. The number of nitrogens with zero attached hydrogens (tertiary/aromatic N) is 2. The highest BCUT2D eigenvalue weighted by atomic mass is 15.2. The lowest BCUT2D eigenvalue weighted by atomic mass is 10.0. The van der Waals surface area contributed by atoms with Crippen molar-refractivity contribution in [3.8, 4) is 0 Å². The monoisotopic (exact) mass is 247 g/mol. The zero-order valence-electron chi connectivity index (χ0n) is 11.6. The maximum absolute atomic E-state index is 5.79. The van der Waals surface area contributed by atoms with Crippen LogP contribution in [0, 0.1) is 0 Å². The van der Waals surface area contributed by atoms with E-state index in [4.69, 9.17) is 5.73 Å². The fourth-order valence-corrected chi connectivity index (χ4v) is 2.75. The van der Waals surface area contributed by atoms with Crippen LogP contribution in [0.25, 0.3) is 0 Å². The van der Waals surface area contributed by atoms with Gasteiger partial charge in [-0.05, 0) is 51.2 Å². The van der Waals surface area contributed by atoms with Crippen LogP contribution < -0.4 is 5.73 Å². The second-order valence-electron chi connectivity index (χ2n) is 5.44. The van der Waals surface area contributed by atoms with Crippen LogP contribution in [0.3, 0.4) is 0 Å². The predicted molar refractivity (Wildman–Crippen MR) is 76.3 cm³/mol. The van der Waals surface area contributed by atoms with Crippen LogP contribution in [0.4, 0.5) is 0 Å². The highest BCUT2D eigenvalue weighted by molar-refractivity contribution is 5.26. The molecule has 0 saturated carbocycles. The van der Waals surface area contributed by atoms with Crippen LogP contribution in [0.2, 0.25) is 0 Å². The summed E-state index contributed by atoms with van der Waals surface area (Å²) < 4.78 is 0. The first-order valence-electron chi connectivity index (χ1n) is 6.86. The second kappa shape index (κ2) is 6.32. The minimum Gasteiger partial charge on any atom is -0.326 e. The van der Waals surface area contributed by atoms with Crippen LogP contribution in [0.15, 0.2) is 24.3 Å². The molecule has 2 N–H and O–H groups in total. The lowest BCUT2D eigenvalue weighted by Gasteiger charge is -2.35. The van der Waals surface area contributed by atoms with Gasteiger partial charge in [-0.1, -0.05) is 24.3 Å². The van der Waals surface area contributed by atoms with Crippen LogP contribution in [-0.2, 0) is 13.1 Å². The molecule has 1 heterocycles. The molecule has 3 heteroatoms. The van der Waals surface area contributed by atoms with E-state index in [0.29, 0.717) is 6.54 Å². The van der Waals surface area contributed by atoms with Gasteiger partial charge < -0.3 is 10.6 Å². The maximum Gasteiger partial charge on any atom is 0.0236 e.